The molecule has 0 fully saturated rings. The maximum Gasteiger partial charge on any atom is 0.267 e. The van der Waals surface area contributed by atoms with Gasteiger partial charge in [-0.05, 0) is 31.0 Å². The summed E-state index contributed by atoms with van der Waals surface area (Å²) in [5.74, 6) is 0. The number of anilines is 2. The molecule has 1 aliphatic rings. The standard InChI is InChI=1S/C15H17N3O2S/c1-2-17-13-7-9-16-11-15(13)21(19,20)18-10-8-12-5-3-4-6-14(12)18/h3-7,9,11H,2,8,10H2,1H3,(H,16,17). The van der Waals surface area contributed by atoms with Gasteiger partial charge in [0.15, 0.2) is 0 Å². The quantitative estimate of drug-likeness (QED) is 0.941. The molecule has 1 N–H and O–H groups in total. The third-order valence-electron chi connectivity index (χ3n) is 3.56. The van der Waals surface area contributed by atoms with Crippen LogP contribution in [0.5, 0.6) is 0 Å². The molecule has 0 spiro atoms. The van der Waals surface area contributed by atoms with E-state index in [1.165, 1.54) is 10.5 Å². The summed E-state index contributed by atoms with van der Waals surface area (Å²) in [6, 6.07) is 9.31. The van der Waals surface area contributed by atoms with Crippen LogP contribution in [0.1, 0.15) is 12.5 Å². The third-order valence-corrected chi connectivity index (χ3v) is 5.41. The molecule has 0 atom stereocenters. The van der Waals surface area contributed by atoms with Gasteiger partial charge in [-0.2, -0.15) is 0 Å². The van der Waals surface area contributed by atoms with E-state index >= 15 is 0 Å². The van der Waals surface area contributed by atoms with Crippen molar-refractivity contribution in [3.8, 4) is 0 Å². The van der Waals surface area contributed by atoms with Crippen LogP contribution in [-0.4, -0.2) is 26.5 Å². The first-order chi connectivity index (χ1) is 10.1. The molecule has 0 aliphatic carbocycles. The number of rotatable bonds is 4. The Labute approximate surface area is 124 Å². The van der Waals surface area contributed by atoms with E-state index in [2.05, 4.69) is 10.3 Å². The van der Waals surface area contributed by atoms with E-state index in [4.69, 9.17) is 0 Å². The lowest BCUT2D eigenvalue weighted by atomic mass is 10.2. The summed E-state index contributed by atoms with van der Waals surface area (Å²) in [7, 11) is -3.60. The fourth-order valence-corrected chi connectivity index (χ4v) is 4.22. The van der Waals surface area contributed by atoms with E-state index in [0.717, 1.165) is 17.7 Å². The molecule has 2 aromatic rings. The van der Waals surface area contributed by atoms with E-state index < -0.39 is 10.0 Å². The van der Waals surface area contributed by atoms with E-state index in [9.17, 15) is 8.42 Å². The minimum Gasteiger partial charge on any atom is -0.384 e. The fourth-order valence-electron chi connectivity index (χ4n) is 2.60. The maximum absolute atomic E-state index is 12.9. The first kappa shape index (κ1) is 13.9. The highest BCUT2D eigenvalue weighted by Crippen LogP contribution is 2.34. The van der Waals surface area contributed by atoms with E-state index in [1.807, 2.05) is 31.2 Å². The molecule has 3 rings (SSSR count). The number of para-hydroxylation sites is 1. The Morgan fingerprint density at radius 2 is 2.10 bits per heavy atom. The molecule has 21 heavy (non-hydrogen) atoms. The van der Waals surface area contributed by atoms with Crippen LogP contribution in [0.25, 0.3) is 0 Å². The van der Waals surface area contributed by atoms with Gasteiger partial charge in [0.2, 0.25) is 0 Å². The van der Waals surface area contributed by atoms with Gasteiger partial charge in [-0.25, -0.2) is 8.42 Å². The molecular formula is C15H17N3O2S. The predicted octanol–water partition coefficient (Wildman–Crippen LogP) is 2.26. The molecular weight excluding hydrogens is 286 g/mol. The number of hydrogen-bond acceptors (Lipinski definition) is 4. The van der Waals surface area contributed by atoms with Gasteiger partial charge in [-0.15, -0.1) is 0 Å². The molecule has 0 bridgehead atoms. The number of pyridine rings is 1. The summed E-state index contributed by atoms with van der Waals surface area (Å²) in [4.78, 5) is 4.20. The zero-order chi connectivity index (χ0) is 14.9. The molecule has 110 valence electrons. The third kappa shape index (κ3) is 2.35. The average molecular weight is 303 g/mol. The number of nitrogens with zero attached hydrogens (tertiary/aromatic N) is 2. The Morgan fingerprint density at radius 3 is 2.90 bits per heavy atom. The fraction of sp³-hybridized carbons (Fsp3) is 0.267. The van der Waals surface area contributed by atoms with Gasteiger partial charge in [0.1, 0.15) is 4.90 Å². The molecule has 2 heterocycles. The zero-order valence-electron chi connectivity index (χ0n) is 11.8. The highest BCUT2D eigenvalue weighted by molar-refractivity contribution is 7.93. The van der Waals surface area contributed by atoms with Gasteiger partial charge in [0.05, 0.1) is 11.4 Å². The lowest BCUT2D eigenvalue weighted by Crippen LogP contribution is -2.29. The molecule has 0 saturated carbocycles. The monoisotopic (exact) mass is 303 g/mol. The van der Waals surface area contributed by atoms with Gasteiger partial charge >= 0.3 is 0 Å². The van der Waals surface area contributed by atoms with Crippen molar-refractivity contribution in [2.24, 2.45) is 0 Å². The summed E-state index contributed by atoms with van der Waals surface area (Å²) in [5, 5.41) is 3.08. The second-order valence-electron chi connectivity index (χ2n) is 4.86. The van der Waals surface area contributed by atoms with Crippen LogP contribution in [0, 0.1) is 0 Å². The van der Waals surface area contributed by atoms with Crippen molar-refractivity contribution in [3.05, 3.63) is 48.3 Å². The minimum absolute atomic E-state index is 0.226. The Bertz CT molecular complexity index is 759. The molecule has 1 aliphatic heterocycles. The molecule has 0 saturated heterocycles. The number of benzene rings is 1. The average Bonchev–Trinajstić information content (AvgIpc) is 2.93. The van der Waals surface area contributed by atoms with Crippen LogP contribution in [0.3, 0.4) is 0 Å². The van der Waals surface area contributed by atoms with Gasteiger partial charge in [-0.1, -0.05) is 18.2 Å². The van der Waals surface area contributed by atoms with Crippen LogP contribution in [0.2, 0.25) is 0 Å². The Kier molecular flexibility index (Phi) is 3.55. The number of fused-ring (bicyclic) bond motifs is 1. The van der Waals surface area contributed by atoms with Crippen molar-refractivity contribution in [3.63, 3.8) is 0 Å². The van der Waals surface area contributed by atoms with Crippen molar-refractivity contribution in [1.82, 2.24) is 4.98 Å². The molecule has 0 radical (unpaired) electrons. The molecule has 1 aromatic carbocycles. The van der Waals surface area contributed by atoms with Crippen molar-refractivity contribution in [1.29, 1.82) is 0 Å². The number of hydrogen-bond donors (Lipinski definition) is 1. The van der Waals surface area contributed by atoms with E-state index in [0.29, 0.717) is 18.8 Å². The zero-order valence-corrected chi connectivity index (χ0v) is 12.6. The van der Waals surface area contributed by atoms with Gasteiger partial charge in [0.25, 0.3) is 10.0 Å². The van der Waals surface area contributed by atoms with Gasteiger partial charge in [-0.3, -0.25) is 9.29 Å². The SMILES string of the molecule is CCNc1ccncc1S(=O)(=O)N1CCc2ccccc21. The van der Waals surface area contributed by atoms with Gasteiger partial charge in [0, 0.05) is 25.5 Å². The molecule has 6 heteroatoms. The predicted molar refractivity (Wildman–Crippen MR) is 83.1 cm³/mol. The topological polar surface area (TPSA) is 62.3 Å². The van der Waals surface area contributed by atoms with Crippen LogP contribution in [-0.2, 0) is 16.4 Å². The van der Waals surface area contributed by atoms with Crippen LogP contribution >= 0.6 is 0 Å². The first-order valence-electron chi connectivity index (χ1n) is 6.93. The normalized spacial score (nSPS) is 14.0. The Hall–Kier alpha value is -2.08. The summed E-state index contributed by atoms with van der Waals surface area (Å²) in [5.41, 5.74) is 2.43. The highest BCUT2D eigenvalue weighted by Gasteiger charge is 2.32. The first-order valence-corrected chi connectivity index (χ1v) is 8.37. The van der Waals surface area contributed by atoms with Gasteiger partial charge < -0.3 is 5.32 Å². The Balaban J connectivity index is 2.07. The van der Waals surface area contributed by atoms with Crippen molar-refractivity contribution in [2.45, 2.75) is 18.2 Å². The van der Waals surface area contributed by atoms with E-state index in [-0.39, 0.29) is 4.90 Å². The van der Waals surface area contributed by atoms with Crippen molar-refractivity contribution in [2.75, 3.05) is 22.7 Å². The maximum atomic E-state index is 12.9. The molecule has 0 amide bonds. The minimum atomic E-state index is -3.60. The lowest BCUT2D eigenvalue weighted by Gasteiger charge is -2.21. The molecule has 1 aromatic heterocycles. The summed E-state index contributed by atoms with van der Waals surface area (Å²) >= 11 is 0. The molecule has 5 nitrogen and oxygen atoms in total. The van der Waals surface area contributed by atoms with Crippen molar-refractivity contribution < 1.29 is 8.42 Å². The number of aromatic nitrogens is 1. The smallest absolute Gasteiger partial charge is 0.267 e. The molecule has 0 unspecified atom stereocenters. The summed E-state index contributed by atoms with van der Waals surface area (Å²) in [6.07, 6.45) is 3.75. The van der Waals surface area contributed by atoms with Crippen LogP contribution < -0.4 is 9.62 Å². The summed E-state index contributed by atoms with van der Waals surface area (Å²) < 4.78 is 27.3. The highest BCUT2D eigenvalue weighted by atomic mass is 32.2. The number of nitrogens with one attached hydrogen (secondary N) is 1. The van der Waals surface area contributed by atoms with Crippen LogP contribution in [0.4, 0.5) is 11.4 Å². The second-order valence-corrected chi connectivity index (χ2v) is 6.69. The number of sulfonamides is 1. The van der Waals surface area contributed by atoms with Crippen LogP contribution in [0.15, 0.2) is 47.6 Å². The lowest BCUT2D eigenvalue weighted by molar-refractivity contribution is 0.592. The second kappa shape index (κ2) is 5.37. The van der Waals surface area contributed by atoms with E-state index in [1.54, 1.807) is 12.3 Å². The van der Waals surface area contributed by atoms with Crippen molar-refractivity contribution >= 4 is 21.4 Å². The Morgan fingerprint density at radius 1 is 1.29 bits per heavy atom. The largest absolute Gasteiger partial charge is 0.384 e. The summed E-state index contributed by atoms with van der Waals surface area (Å²) in [6.45, 7) is 3.06.